The van der Waals surface area contributed by atoms with Gasteiger partial charge in [0, 0.05) is 30.4 Å². The van der Waals surface area contributed by atoms with Crippen molar-refractivity contribution in [2.24, 2.45) is 0 Å². The lowest BCUT2D eigenvalue weighted by Gasteiger charge is -2.32. The Balaban J connectivity index is 2.43. The van der Waals surface area contributed by atoms with Gasteiger partial charge in [0.1, 0.15) is 0 Å². The average Bonchev–Trinajstić information content (AvgIpc) is 2.27. The molecule has 0 aromatic carbocycles. The molecule has 1 rings (SSSR count). The van der Waals surface area contributed by atoms with Crippen molar-refractivity contribution in [1.82, 2.24) is 10.2 Å². The van der Waals surface area contributed by atoms with E-state index in [4.69, 9.17) is 0 Å². The highest BCUT2D eigenvalue weighted by molar-refractivity contribution is 7.99. The molecule has 1 aliphatic heterocycles. The molecule has 0 spiro atoms. The Morgan fingerprint density at radius 1 is 1.47 bits per heavy atom. The van der Waals surface area contributed by atoms with Gasteiger partial charge >= 0.3 is 0 Å². The zero-order chi connectivity index (χ0) is 11.3. The van der Waals surface area contributed by atoms with E-state index in [0.29, 0.717) is 0 Å². The molecule has 1 saturated heterocycles. The second kappa shape index (κ2) is 6.12. The van der Waals surface area contributed by atoms with Gasteiger partial charge < -0.3 is 5.32 Å². The third-order valence-corrected chi connectivity index (χ3v) is 3.99. The first-order valence-electron chi connectivity index (χ1n) is 6.12. The van der Waals surface area contributed by atoms with Crippen LogP contribution in [-0.4, -0.2) is 47.6 Å². The topological polar surface area (TPSA) is 15.3 Å². The van der Waals surface area contributed by atoms with Crippen molar-refractivity contribution in [3.8, 4) is 0 Å². The Bertz CT molecular complexity index is 182. The second-order valence-electron chi connectivity index (χ2n) is 5.12. The van der Waals surface area contributed by atoms with Crippen LogP contribution >= 0.6 is 11.8 Å². The summed E-state index contributed by atoms with van der Waals surface area (Å²) in [5.74, 6) is 2.51. The first kappa shape index (κ1) is 13.3. The van der Waals surface area contributed by atoms with Crippen LogP contribution in [-0.2, 0) is 0 Å². The minimum atomic E-state index is 0.279. The van der Waals surface area contributed by atoms with Gasteiger partial charge in [0.25, 0.3) is 0 Å². The maximum Gasteiger partial charge on any atom is 0.0252 e. The molecule has 1 N–H and O–H groups in total. The minimum Gasteiger partial charge on any atom is -0.310 e. The summed E-state index contributed by atoms with van der Waals surface area (Å²) in [4.78, 5) is 2.64. The number of hydrogen-bond donors (Lipinski definition) is 1. The van der Waals surface area contributed by atoms with Crippen LogP contribution in [0.5, 0.6) is 0 Å². The van der Waals surface area contributed by atoms with Crippen molar-refractivity contribution in [1.29, 1.82) is 0 Å². The lowest BCUT2D eigenvalue weighted by Crippen LogP contribution is -2.48. The summed E-state index contributed by atoms with van der Waals surface area (Å²) in [6.45, 7) is 12.8. The van der Waals surface area contributed by atoms with Gasteiger partial charge in [0.2, 0.25) is 0 Å². The number of thioether (sulfide) groups is 1. The average molecular weight is 230 g/mol. The predicted molar refractivity (Wildman–Crippen MR) is 70.7 cm³/mol. The van der Waals surface area contributed by atoms with Crippen LogP contribution in [0.3, 0.4) is 0 Å². The largest absolute Gasteiger partial charge is 0.310 e. The SMILES string of the molecule is CCSCCN1CC(C)(C)NCCC1C. The molecule has 1 fully saturated rings. The second-order valence-corrected chi connectivity index (χ2v) is 6.51. The van der Waals surface area contributed by atoms with Gasteiger partial charge in [-0.15, -0.1) is 0 Å². The van der Waals surface area contributed by atoms with Gasteiger partial charge in [0.15, 0.2) is 0 Å². The van der Waals surface area contributed by atoms with Gasteiger partial charge in [-0.1, -0.05) is 6.92 Å². The van der Waals surface area contributed by atoms with Gasteiger partial charge in [-0.05, 0) is 39.5 Å². The number of nitrogens with zero attached hydrogens (tertiary/aromatic N) is 1. The molecule has 0 radical (unpaired) electrons. The van der Waals surface area contributed by atoms with Crippen LogP contribution in [0.1, 0.15) is 34.1 Å². The fraction of sp³-hybridized carbons (Fsp3) is 1.00. The molecule has 15 heavy (non-hydrogen) atoms. The zero-order valence-corrected chi connectivity index (χ0v) is 11.5. The van der Waals surface area contributed by atoms with E-state index in [1.54, 1.807) is 0 Å². The monoisotopic (exact) mass is 230 g/mol. The van der Waals surface area contributed by atoms with Crippen molar-refractivity contribution in [3.05, 3.63) is 0 Å². The van der Waals surface area contributed by atoms with Gasteiger partial charge in [0.05, 0.1) is 0 Å². The van der Waals surface area contributed by atoms with E-state index in [2.05, 4.69) is 37.9 Å². The third kappa shape index (κ3) is 4.75. The molecule has 1 unspecified atom stereocenters. The van der Waals surface area contributed by atoms with Gasteiger partial charge in [-0.3, -0.25) is 4.90 Å². The van der Waals surface area contributed by atoms with Crippen LogP contribution in [0.25, 0.3) is 0 Å². The van der Waals surface area contributed by atoms with Crippen LogP contribution in [0.15, 0.2) is 0 Å². The highest BCUT2D eigenvalue weighted by Gasteiger charge is 2.27. The smallest absolute Gasteiger partial charge is 0.0252 e. The van der Waals surface area contributed by atoms with E-state index in [9.17, 15) is 0 Å². The maximum absolute atomic E-state index is 3.62. The Morgan fingerprint density at radius 3 is 2.87 bits per heavy atom. The molecule has 0 saturated carbocycles. The van der Waals surface area contributed by atoms with Crippen molar-refractivity contribution in [2.75, 3.05) is 31.1 Å². The molecule has 0 aliphatic carbocycles. The molecule has 3 heteroatoms. The van der Waals surface area contributed by atoms with Crippen molar-refractivity contribution < 1.29 is 0 Å². The number of rotatable bonds is 4. The van der Waals surface area contributed by atoms with Gasteiger partial charge in [-0.2, -0.15) is 11.8 Å². The molecule has 90 valence electrons. The maximum atomic E-state index is 3.62. The molecule has 0 bridgehead atoms. The van der Waals surface area contributed by atoms with E-state index >= 15 is 0 Å². The highest BCUT2D eigenvalue weighted by atomic mass is 32.2. The summed E-state index contributed by atoms with van der Waals surface area (Å²) in [6.07, 6.45) is 1.28. The lowest BCUT2D eigenvalue weighted by atomic mass is 10.1. The number of hydrogen-bond acceptors (Lipinski definition) is 3. The standard InChI is InChI=1S/C12H26N2S/c1-5-15-9-8-14-10-12(3,4)13-7-6-11(14)2/h11,13H,5-10H2,1-4H3. The van der Waals surface area contributed by atoms with Crippen molar-refractivity contribution in [2.45, 2.75) is 45.7 Å². The molecule has 0 amide bonds. The third-order valence-electron chi connectivity index (χ3n) is 3.11. The summed E-state index contributed by atoms with van der Waals surface area (Å²) in [6, 6.07) is 0.733. The molecule has 0 aromatic rings. The van der Waals surface area contributed by atoms with E-state index in [-0.39, 0.29) is 5.54 Å². The predicted octanol–water partition coefficient (Wildman–Crippen LogP) is 2.20. The Labute approximate surface area is 99.2 Å². The molecule has 2 nitrogen and oxygen atoms in total. The molecule has 1 atom stereocenters. The number of nitrogens with one attached hydrogen (secondary N) is 1. The fourth-order valence-electron chi connectivity index (χ4n) is 2.15. The molecular formula is C12H26N2S. The lowest BCUT2D eigenvalue weighted by molar-refractivity contribution is 0.192. The van der Waals surface area contributed by atoms with Gasteiger partial charge in [-0.25, -0.2) is 0 Å². The summed E-state index contributed by atoms with van der Waals surface area (Å²) in [5.41, 5.74) is 0.279. The Morgan fingerprint density at radius 2 is 2.20 bits per heavy atom. The normalized spacial score (nSPS) is 27.6. The Hall–Kier alpha value is 0.270. The minimum absolute atomic E-state index is 0.279. The van der Waals surface area contributed by atoms with Crippen LogP contribution in [0.4, 0.5) is 0 Å². The molecule has 0 aromatic heterocycles. The molecular weight excluding hydrogens is 204 g/mol. The zero-order valence-electron chi connectivity index (χ0n) is 10.7. The summed E-state index contributed by atoms with van der Waals surface area (Å²) in [7, 11) is 0. The summed E-state index contributed by atoms with van der Waals surface area (Å²) in [5, 5.41) is 3.62. The molecule has 1 aliphatic rings. The van der Waals surface area contributed by atoms with E-state index < -0.39 is 0 Å². The quantitative estimate of drug-likeness (QED) is 0.746. The van der Waals surface area contributed by atoms with Crippen molar-refractivity contribution >= 4 is 11.8 Å². The van der Waals surface area contributed by atoms with Crippen LogP contribution in [0.2, 0.25) is 0 Å². The van der Waals surface area contributed by atoms with Crippen LogP contribution in [0, 0.1) is 0 Å². The molecule has 1 heterocycles. The fourth-order valence-corrected chi connectivity index (χ4v) is 2.80. The highest BCUT2D eigenvalue weighted by Crippen LogP contribution is 2.16. The summed E-state index contributed by atoms with van der Waals surface area (Å²) < 4.78 is 0. The van der Waals surface area contributed by atoms with Crippen LogP contribution < -0.4 is 5.32 Å². The first-order chi connectivity index (χ1) is 7.05. The Kier molecular flexibility index (Phi) is 5.44. The van der Waals surface area contributed by atoms with E-state index in [1.165, 1.54) is 31.0 Å². The van der Waals surface area contributed by atoms with Crippen molar-refractivity contribution in [3.63, 3.8) is 0 Å². The van der Waals surface area contributed by atoms with E-state index in [1.807, 2.05) is 11.8 Å². The van der Waals surface area contributed by atoms with E-state index in [0.717, 1.165) is 12.6 Å². The summed E-state index contributed by atoms with van der Waals surface area (Å²) >= 11 is 2.05. The first-order valence-corrected chi connectivity index (χ1v) is 7.27.